The first-order valence-corrected chi connectivity index (χ1v) is 5.19. The molecule has 0 N–H and O–H groups in total. The van der Waals surface area contributed by atoms with Gasteiger partial charge in [0, 0.05) is 44.8 Å². The second-order valence-electron chi connectivity index (χ2n) is 3.48. The Hall–Kier alpha value is -0.810. The highest BCUT2D eigenvalue weighted by atomic mass is 16.5. The summed E-state index contributed by atoms with van der Waals surface area (Å²) >= 11 is 0. The van der Waals surface area contributed by atoms with Gasteiger partial charge in [0.1, 0.15) is 0 Å². The normalized spacial score (nSPS) is 26.5. The zero-order chi connectivity index (χ0) is 11.1. The van der Waals surface area contributed by atoms with Crippen LogP contribution in [0, 0.1) is 0 Å². The van der Waals surface area contributed by atoms with Gasteiger partial charge in [0.05, 0.1) is 12.2 Å². The predicted molar refractivity (Wildman–Crippen MR) is 56.7 cm³/mol. The lowest BCUT2D eigenvalue weighted by atomic mass is 10.2. The summed E-state index contributed by atoms with van der Waals surface area (Å²) in [6, 6.07) is 0. The lowest BCUT2D eigenvalue weighted by Gasteiger charge is -2.16. The van der Waals surface area contributed by atoms with Crippen molar-refractivity contribution in [3.8, 4) is 0 Å². The van der Waals surface area contributed by atoms with Crippen LogP contribution in [0.15, 0.2) is 5.11 Å². The van der Waals surface area contributed by atoms with Crippen LogP contribution in [0.5, 0.6) is 0 Å². The highest BCUT2D eigenvalue weighted by molar-refractivity contribution is 4.86. The molecule has 86 valence electrons. The number of nitrogens with zero attached hydrogens (tertiary/aromatic N) is 4. The van der Waals surface area contributed by atoms with E-state index < -0.39 is 0 Å². The van der Waals surface area contributed by atoms with Crippen LogP contribution in [0.4, 0.5) is 0 Å². The quantitative estimate of drug-likeness (QED) is 0.376. The molecule has 1 fully saturated rings. The molecule has 0 amide bonds. The minimum Gasteiger partial charge on any atom is -0.377 e. The maximum atomic E-state index is 8.16. The molecule has 0 spiro atoms. The lowest BCUT2D eigenvalue weighted by Crippen LogP contribution is -2.28. The van der Waals surface area contributed by atoms with Gasteiger partial charge < -0.3 is 9.47 Å². The van der Waals surface area contributed by atoms with E-state index in [9.17, 15) is 0 Å². The molecule has 15 heavy (non-hydrogen) atoms. The summed E-state index contributed by atoms with van der Waals surface area (Å²) in [6.45, 7) is 5.67. The number of methoxy groups -OCH3 is 1. The van der Waals surface area contributed by atoms with E-state index in [4.69, 9.17) is 15.0 Å². The van der Waals surface area contributed by atoms with Gasteiger partial charge in [-0.15, -0.1) is 0 Å². The molecule has 0 unspecified atom stereocenters. The Morgan fingerprint density at radius 1 is 1.47 bits per heavy atom. The van der Waals surface area contributed by atoms with Crippen LogP contribution in [0.25, 0.3) is 10.4 Å². The van der Waals surface area contributed by atoms with Crippen LogP contribution in [0.3, 0.4) is 0 Å². The van der Waals surface area contributed by atoms with Gasteiger partial charge in [0.25, 0.3) is 0 Å². The van der Waals surface area contributed by atoms with Crippen molar-refractivity contribution in [1.82, 2.24) is 4.90 Å². The van der Waals surface area contributed by atoms with Gasteiger partial charge in [-0.2, -0.15) is 0 Å². The summed E-state index contributed by atoms with van der Waals surface area (Å²) in [7, 11) is 1.70. The Labute approximate surface area is 89.8 Å². The summed E-state index contributed by atoms with van der Waals surface area (Å²) in [4.78, 5) is 4.92. The maximum absolute atomic E-state index is 8.16. The Morgan fingerprint density at radius 2 is 2.20 bits per heavy atom. The van der Waals surface area contributed by atoms with Crippen molar-refractivity contribution in [1.29, 1.82) is 0 Å². The number of hydrogen-bond acceptors (Lipinski definition) is 4. The first-order valence-electron chi connectivity index (χ1n) is 5.19. The molecule has 2 atom stereocenters. The van der Waals surface area contributed by atoms with E-state index in [1.54, 1.807) is 7.11 Å². The zero-order valence-electron chi connectivity index (χ0n) is 9.30. The van der Waals surface area contributed by atoms with Crippen LogP contribution in [0.1, 0.15) is 6.92 Å². The van der Waals surface area contributed by atoms with Crippen molar-refractivity contribution in [2.45, 2.75) is 19.1 Å². The highest BCUT2D eigenvalue weighted by Crippen LogP contribution is 2.15. The average Bonchev–Trinajstić information content (AvgIpc) is 2.62. The van der Waals surface area contributed by atoms with Crippen molar-refractivity contribution in [3.05, 3.63) is 10.4 Å². The van der Waals surface area contributed by atoms with Crippen LogP contribution in [-0.4, -0.2) is 57.0 Å². The van der Waals surface area contributed by atoms with Gasteiger partial charge >= 0.3 is 0 Å². The first kappa shape index (κ1) is 12.3. The average molecular weight is 214 g/mol. The second-order valence-corrected chi connectivity index (χ2v) is 3.48. The predicted octanol–water partition coefficient (Wildman–Crippen LogP) is 1.03. The molecule has 0 bridgehead atoms. The van der Waals surface area contributed by atoms with Gasteiger partial charge in [-0.3, -0.25) is 4.90 Å². The monoisotopic (exact) mass is 214 g/mol. The largest absolute Gasteiger partial charge is 0.377 e. The summed E-state index contributed by atoms with van der Waals surface area (Å²) in [5, 5.41) is 3.51. The summed E-state index contributed by atoms with van der Waals surface area (Å²) < 4.78 is 10.9. The number of azide groups is 1. The topological polar surface area (TPSA) is 70.5 Å². The molecule has 0 saturated carbocycles. The SMILES string of the molecule is CCO[C@@H]1CN(CCN=[N+]=[N-])C[C@H]1OC. The summed E-state index contributed by atoms with van der Waals surface area (Å²) in [5.41, 5.74) is 8.16. The molecule has 1 saturated heterocycles. The third-order valence-corrected chi connectivity index (χ3v) is 2.55. The first-order chi connectivity index (χ1) is 7.31. The Balaban J connectivity index is 2.34. The van der Waals surface area contributed by atoms with Crippen LogP contribution in [-0.2, 0) is 9.47 Å². The minimum atomic E-state index is 0.135. The fourth-order valence-electron chi connectivity index (χ4n) is 1.83. The number of likely N-dealkylation sites (tertiary alicyclic amines) is 1. The zero-order valence-corrected chi connectivity index (χ0v) is 9.30. The summed E-state index contributed by atoms with van der Waals surface area (Å²) in [5.74, 6) is 0. The molecule has 1 aliphatic heterocycles. The van der Waals surface area contributed by atoms with E-state index >= 15 is 0 Å². The van der Waals surface area contributed by atoms with Crippen molar-refractivity contribution in [2.24, 2.45) is 5.11 Å². The molecule has 0 aliphatic carbocycles. The van der Waals surface area contributed by atoms with Gasteiger partial charge in [-0.05, 0) is 12.5 Å². The van der Waals surface area contributed by atoms with Crippen molar-refractivity contribution < 1.29 is 9.47 Å². The smallest absolute Gasteiger partial charge is 0.0975 e. The van der Waals surface area contributed by atoms with Crippen molar-refractivity contribution in [3.63, 3.8) is 0 Å². The van der Waals surface area contributed by atoms with Crippen molar-refractivity contribution in [2.75, 3.05) is 39.9 Å². The van der Waals surface area contributed by atoms with Crippen molar-refractivity contribution >= 4 is 0 Å². The van der Waals surface area contributed by atoms with Crippen LogP contribution in [0.2, 0.25) is 0 Å². The van der Waals surface area contributed by atoms with E-state index in [0.29, 0.717) is 13.2 Å². The number of rotatable bonds is 6. The lowest BCUT2D eigenvalue weighted by molar-refractivity contribution is -0.0233. The molecule has 0 radical (unpaired) electrons. The molecule has 6 heteroatoms. The van der Waals surface area contributed by atoms with E-state index in [-0.39, 0.29) is 12.2 Å². The summed E-state index contributed by atoms with van der Waals surface area (Å²) in [6.07, 6.45) is 0.280. The third kappa shape index (κ3) is 3.68. The molecular formula is C9H18N4O2. The van der Waals surface area contributed by atoms with Gasteiger partial charge in [0.2, 0.25) is 0 Å². The third-order valence-electron chi connectivity index (χ3n) is 2.55. The molecule has 6 nitrogen and oxygen atoms in total. The van der Waals surface area contributed by atoms with Gasteiger partial charge in [-0.1, -0.05) is 5.11 Å². The van der Waals surface area contributed by atoms with Crippen LogP contribution >= 0.6 is 0 Å². The fourth-order valence-corrected chi connectivity index (χ4v) is 1.83. The van der Waals surface area contributed by atoms with E-state index in [0.717, 1.165) is 19.6 Å². The second kappa shape index (κ2) is 6.63. The fraction of sp³-hybridized carbons (Fsp3) is 1.00. The molecule has 0 aromatic rings. The Kier molecular flexibility index (Phi) is 5.42. The Morgan fingerprint density at radius 3 is 2.80 bits per heavy atom. The highest BCUT2D eigenvalue weighted by Gasteiger charge is 2.32. The molecule has 0 aromatic carbocycles. The molecular weight excluding hydrogens is 196 g/mol. The van der Waals surface area contributed by atoms with E-state index in [2.05, 4.69) is 14.9 Å². The van der Waals surface area contributed by atoms with E-state index in [1.807, 2.05) is 6.92 Å². The standard InChI is InChI=1S/C9H18N4O2/c1-3-15-9-7-13(5-4-11-12-10)6-8(9)14-2/h8-9H,3-7H2,1-2H3/t8-,9-/m1/s1. The molecule has 1 aliphatic rings. The van der Waals surface area contributed by atoms with E-state index in [1.165, 1.54) is 0 Å². The molecule has 1 rings (SSSR count). The van der Waals surface area contributed by atoms with Gasteiger partial charge in [0.15, 0.2) is 0 Å². The number of hydrogen-bond donors (Lipinski definition) is 0. The number of ether oxygens (including phenoxy) is 2. The molecule has 1 heterocycles. The van der Waals surface area contributed by atoms with Gasteiger partial charge in [-0.25, -0.2) is 0 Å². The van der Waals surface area contributed by atoms with Crippen LogP contribution < -0.4 is 0 Å². The maximum Gasteiger partial charge on any atom is 0.0975 e. The molecule has 0 aromatic heterocycles. The Bertz CT molecular complexity index is 230. The minimum absolute atomic E-state index is 0.135.